The summed E-state index contributed by atoms with van der Waals surface area (Å²) in [5, 5.41) is 21.7. The highest BCUT2D eigenvalue weighted by Gasteiger charge is 2.35. The molecule has 1 aliphatic carbocycles. The standard InChI is InChI=1S/C36H42O2/c1-3-17-28(4-2)32-26-30(20-22-34(32)37)36(24-15-10-8-6-5-7-9-11-16-25-36)31-21-23-35(38)33(27-31)29-18-13-12-14-19-29/h3-4,12-14,17-23,26-27,37-38H,1-2,5-11,15-16,24-25H2/b28-17+. The summed E-state index contributed by atoms with van der Waals surface area (Å²) < 4.78 is 0. The van der Waals surface area contributed by atoms with Gasteiger partial charge in [-0.2, -0.15) is 0 Å². The molecular weight excluding hydrogens is 464 g/mol. The Kier molecular flexibility index (Phi) is 9.65. The van der Waals surface area contributed by atoms with E-state index in [1.165, 1.54) is 56.1 Å². The Labute approximate surface area is 229 Å². The van der Waals surface area contributed by atoms with E-state index in [9.17, 15) is 10.2 Å². The number of phenols is 2. The number of aromatic hydroxyl groups is 2. The second-order valence-corrected chi connectivity index (χ2v) is 10.7. The SMILES string of the molecule is C=C/C=C(\C=C)c1cc(C2(c3ccc(O)c(-c4ccccc4)c3)CCCCCCCCCCC2)ccc1O. The molecule has 0 aromatic heterocycles. The quantitative estimate of drug-likeness (QED) is 0.326. The lowest BCUT2D eigenvalue weighted by atomic mass is 9.67. The molecule has 0 saturated heterocycles. The molecule has 2 heteroatoms. The summed E-state index contributed by atoms with van der Waals surface area (Å²) in [6.45, 7) is 7.84. The largest absolute Gasteiger partial charge is 0.507 e. The van der Waals surface area contributed by atoms with Gasteiger partial charge in [0.05, 0.1) is 0 Å². The van der Waals surface area contributed by atoms with Gasteiger partial charge < -0.3 is 10.2 Å². The van der Waals surface area contributed by atoms with Gasteiger partial charge in [0.15, 0.2) is 0 Å². The molecule has 0 bridgehead atoms. The van der Waals surface area contributed by atoms with E-state index in [1.54, 1.807) is 12.2 Å². The molecular formula is C36H42O2. The van der Waals surface area contributed by atoms with E-state index >= 15 is 0 Å². The summed E-state index contributed by atoms with van der Waals surface area (Å²) in [7, 11) is 0. The minimum Gasteiger partial charge on any atom is -0.507 e. The molecule has 3 aromatic carbocycles. The third-order valence-corrected chi connectivity index (χ3v) is 8.22. The van der Waals surface area contributed by atoms with Crippen LogP contribution >= 0.6 is 0 Å². The van der Waals surface area contributed by atoms with Crippen molar-refractivity contribution in [1.29, 1.82) is 0 Å². The highest BCUT2D eigenvalue weighted by molar-refractivity contribution is 5.79. The van der Waals surface area contributed by atoms with Crippen LogP contribution in [-0.4, -0.2) is 10.2 Å². The van der Waals surface area contributed by atoms with Gasteiger partial charge in [0.2, 0.25) is 0 Å². The molecule has 0 spiro atoms. The Balaban J connectivity index is 1.90. The summed E-state index contributed by atoms with van der Waals surface area (Å²) in [6.07, 6.45) is 18.8. The predicted octanol–water partition coefficient (Wildman–Crippen LogP) is 10.1. The highest BCUT2D eigenvalue weighted by atomic mass is 16.3. The van der Waals surface area contributed by atoms with Crippen molar-refractivity contribution < 1.29 is 10.2 Å². The Morgan fingerprint density at radius 1 is 0.658 bits per heavy atom. The van der Waals surface area contributed by atoms with Crippen LogP contribution in [0.1, 0.15) is 87.3 Å². The van der Waals surface area contributed by atoms with E-state index in [4.69, 9.17) is 0 Å². The maximum Gasteiger partial charge on any atom is 0.123 e. The van der Waals surface area contributed by atoms with Crippen LogP contribution in [0.2, 0.25) is 0 Å². The summed E-state index contributed by atoms with van der Waals surface area (Å²) in [5.41, 5.74) is 5.75. The lowest BCUT2D eigenvalue weighted by molar-refractivity contribution is 0.381. The van der Waals surface area contributed by atoms with Crippen LogP contribution < -0.4 is 0 Å². The smallest absolute Gasteiger partial charge is 0.123 e. The second kappa shape index (κ2) is 13.3. The molecule has 2 nitrogen and oxygen atoms in total. The second-order valence-electron chi connectivity index (χ2n) is 10.7. The Morgan fingerprint density at radius 3 is 1.79 bits per heavy atom. The minimum absolute atomic E-state index is 0.223. The van der Waals surface area contributed by atoms with E-state index in [-0.39, 0.29) is 11.2 Å². The van der Waals surface area contributed by atoms with Crippen molar-refractivity contribution in [2.24, 2.45) is 0 Å². The molecule has 0 amide bonds. The number of benzene rings is 3. The average Bonchev–Trinajstić information content (AvgIpc) is 2.94. The van der Waals surface area contributed by atoms with Crippen molar-refractivity contribution in [3.05, 3.63) is 115 Å². The van der Waals surface area contributed by atoms with Crippen molar-refractivity contribution in [2.75, 3.05) is 0 Å². The fourth-order valence-electron chi connectivity index (χ4n) is 6.10. The lowest BCUT2D eigenvalue weighted by Gasteiger charge is -2.37. The van der Waals surface area contributed by atoms with Crippen molar-refractivity contribution in [2.45, 2.75) is 76.0 Å². The fraction of sp³-hybridized carbons (Fsp3) is 0.333. The van der Waals surface area contributed by atoms with Gasteiger partial charge in [0, 0.05) is 16.5 Å². The van der Waals surface area contributed by atoms with Crippen molar-refractivity contribution in [1.82, 2.24) is 0 Å². The molecule has 198 valence electrons. The normalized spacial score (nSPS) is 17.1. The van der Waals surface area contributed by atoms with Gasteiger partial charge in [-0.1, -0.05) is 132 Å². The number of hydrogen-bond donors (Lipinski definition) is 2. The van der Waals surface area contributed by atoms with Crippen molar-refractivity contribution >= 4 is 5.57 Å². The first-order valence-corrected chi connectivity index (χ1v) is 14.3. The van der Waals surface area contributed by atoms with E-state index < -0.39 is 0 Å². The Hall–Kier alpha value is -3.52. The van der Waals surface area contributed by atoms with Gasteiger partial charge in [0.25, 0.3) is 0 Å². The summed E-state index contributed by atoms with van der Waals surface area (Å²) in [5.74, 6) is 0.554. The molecule has 4 rings (SSSR count). The number of rotatable bonds is 6. The number of allylic oxidation sites excluding steroid dienone is 4. The van der Waals surface area contributed by atoms with Crippen LogP contribution in [0.5, 0.6) is 11.5 Å². The van der Waals surface area contributed by atoms with Crippen LogP contribution in [0.25, 0.3) is 16.7 Å². The van der Waals surface area contributed by atoms with Gasteiger partial charge in [-0.05, 0) is 59.4 Å². The molecule has 1 aliphatic rings. The molecule has 0 unspecified atom stereocenters. The summed E-state index contributed by atoms with van der Waals surface area (Å²) in [4.78, 5) is 0. The van der Waals surface area contributed by atoms with E-state index in [0.29, 0.717) is 5.75 Å². The van der Waals surface area contributed by atoms with Crippen molar-refractivity contribution in [3.8, 4) is 22.6 Å². The molecule has 0 radical (unpaired) electrons. The van der Waals surface area contributed by atoms with Crippen LogP contribution in [0.3, 0.4) is 0 Å². The fourth-order valence-corrected chi connectivity index (χ4v) is 6.10. The topological polar surface area (TPSA) is 40.5 Å². The molecule has 1 fully saturated rings. The first-order valence-electron chi connectivity index (χ1n) is 14.3. The van der Waals surface area contributed by atoms with Gasteiger partial charge in [-0.25, -0.2) is 0 Å². The summed E-state index contributed by atoms with van der Waals surface area (Å²) >= 11 is 0. The molecule has 1 saturated carbocycles. The first kappa shape index (κ1) is 27.5. The highest BCUT2D eigenvalue weighted by Crippen LogP contribution is 2.46. The first-order chi connectivity index (χ1) is 18.6. The average molecular weight is 507 g/mol. The van der Waals surface area contributed by atoms with E-state index in [0.717, 1.165) is 47.9 Å². The molecule has 38 heavy (non-hydrogen) atoms. The number of hydrogen-bond acceptors (Lipinski definition) is 2. The zero-order valence-corrected chi connectivity index (χ0v) is 22.7. The maximum absolute atomic E-state index is 10.9. The number of phenolic OH excluding ortho intramolecular Hbond substituents is 2. The van der Waals surface area contributed by atoms with Gasteiger partial charge >= 0.3 is 0 Å². The zero-order valence-electron chi connectivity index (χ0n) is 22.7. The van der Waals surface area contributed by atoms with E-state index in [2.05, 4.69) is 49.6 Å². The molecule has 2 N–H and O–H groups in total. The zero-order chi connectivity index (χ0) is 26.8. The lowest BCUT2D eigenvalue weighted by Crippen LogP contribution is -2.28. The molecule has 0 atom stereocenters. The van der Waals surface area contributed by atoms with Crippen LogP contribution in [0.4, 0.5) is 0 Å². The van der Waals surface area contributed by atoms with Gasteiger partial charge in [-0.15, -0.1) is 0 Å². The third kappa shape index (κ3) is 6.30. The van der Waals surface area contributed by atoms with Crippen LogP contribution in [-0.2, 0) is 5.41 Å². The maximum atomic E-state index is 10.9. The molecule has 3 aromatic rings. The summed E-state index contributed by atoms with van der Waals surface area (Å²) in [6, 6.07) is 22.4. The van der Waals surface area contributed by atoms with Crippen LogP contribution in [0, 0.1) is 0 Å². The van der Waals surface area contributed by atoms with Crippen molar-refractivity contribution in [3.63, 3.8) is 0 Å². The molecule has 0 heterocycles. The van der Waals surface area contributed by atoms with E-state index in [1.807, 2.05) is 36.4 Å². The van der Waals surface area contributed by atoms with Gasteiger partial charge in [0.1, 0.15) is 11.5 Å². The van der Waals surface area contributed by atoms with Crippen LogP contribution in [0.15, 0.2) is 98.1 Å². The molecule has 0 aliphatic heterocycles. The predicted molar refractivity (Wildman–Crippen MR) is 162 cm³/mol. The minimum atomic E-state index is -0.223. The third-order valence-electron chi connectivity index (χ3n) is 8.22. The Bertz CT molecular complexity index is 1240. The Morgan fingerprint density at radius 2 is 1.21 bits per heavy atom. The monoisotopic (exact) mass is 506 g/mol. The van der Waals surface area contributed by atoms with Gasteiger partial charge in [-0.3, -0.25) is 0 Å².